The van der Waals surface area contributed by atoms with Gasteiger partial charge in [0.05, 0.1) is 15.6 Å². The standard InChI is InChI=1S/C32H37ClFN3O4S/c1-3-30(32(39)35-25-10-6-4-7-11-25)36(21-24-16-14-23(2)15-17-24)31(38)22-37(26-18-19-29(34)28(33)20-26)42(40,41)27-12-8-5-9-13-27/h5,8-9,12-20,25,30H,3-4,6-7,10-11,21-22H2,1-2H3,(H,35,39). The van der Waals surface area contributed by atoms with Gasteiger partial charge in [-0.05, 0) is 62.1 Å². The number of carbonyl (C=O) groups is 2. The van der Waals surface area contributed by atoms with E-state index in [0.29, 0.717) is 6.42 Å². The summed E-state index contributed by atoms with van der Waals surface area (Å²) >= 11 is 6.04. The summed E-state index contributed by atoms with van der Waals surface area (Å²) in [5.41, 5.74) is 1.89. The van der Waals surface area contributed by atoms with Crippen molar-refractivity contribution in [3.63, 3.8) is 0 Å². The second-order valence-electron chi connectivity index (χ2n) is 10.7. The Balaban J connectivity index is 1.71. The molecule has 3 aromatic carbocycles. The van der Waals surface area contributed by atoms with Gasteiger partial charge in [-0.15, -0.1) is 0 Å². The molecule has 0 spiro atoms. The molecule has 1 aliphatic carbocycles. The van der Waals surface area contributed by atoms with Crippen molar-refractivity contribution in [1.29, 1.82) is 0 Å². The van der Waals surface area contributed by atoms with Crippen molar-refractivity contribution in [3.8, 4) is 0 Å². The molecule has 1 aliphatic rings. The third kappa shape index (κ3) is 7.69. The Labute approximate surface area is 252 Å². The van der Waals surface area contributed by atoms with Crippen LogP contribution < -0.4 is 9.62 Å². The van der Waals surface area contributed by atoms with Gasteiger partial charge < -0.3 is 10.2 Å². The Kier molecular flexibility index (Phi) is 10.6. The molecule has 1 saturated carbocycles. The number of hydrogen-bond acceptors (Lipinski definition) is 4. The van der Waals surface area contributed by atoms with E-state index >= 15 is 0 Å². The minimum absolute atomic E-state index is 0.0357. The van der Waals surface area contributed by atoms with Gasteiger partial charge in [0.1, 0.15) is 18.4 Å². The van der Waals surface area contributed by atoms with Crippen molar-refractivity contribution < 1.29 is 22.4 Å². The molecule has 0 bridgehead atoms. The zero-order chi connectivity index (χ0) is 30.3. The lowest BCUT2D eigenvalue weighted by Gasteiger charge is -2.34. The van der Waals surface area contributed by atoms with Gasteiger partial charge in [0.25, 0.3) is 10.0 Å². The lowest BCUT2D eigenvalue weighted by molar-refractivity contribution is -0.140. The van der Waals surface area contributed by atoms with Gasteiger partial charge in [-0.2, -0.15) is 0 Å². The van der Waals surface area contributed by atoms with Crippen LogP contribution in [0.5, 0.6) is 0 Å². The van der Waals surface area contributed by atoms with Gasteiger partial charge in [-0.3, -0.25) is 13.9 Å². The van der Waals surface area contributed by atoms with Crippen molar-refractivity contribution in [2.45, 2.75) is 75.9 Å². The maximum atomic E-state index is 14.2. The topological polar surface area (TPSA) is 86.8 Å². The highest BCUT2D eigenvalue weighted by Crippen LogP contribution is 2.28. The van der Waals surface area contributed by atoms with Crippen LogP contribution in [0.25, 0.3) is 0 Å². The minimum Gasteiger partial charge on any atom is -0.352 e. The largest absolute Gasteiger partial charge is 0.352 e. The van der Waals surface area contributed by atoms with E-state index in [-0.39, 0.29) is 34.1 Å². The Morgan fingerprint density at radius 1 is 1.00 bits per heavy atom. The van der Waals surface area contributed by atoms with E-state index in [2.05, 4.69) is 5.32 Å². The maximum absolute atomic E-state index is 14.2. The first-order valence-corrected chi connectivity index (χ1v) is 16.1. The smallest absolute Gasteiger partial charge is 0.264 e. The van der Waals surface area contributed by atoms with E-state index < -0.39 is 34.3 Å². The van der Waals surface area contributed by atoms with Gasteiger partial charge in [0.2, 0.25) is 11.8 Å². The molecule has 10 heteroatoms. The SMILES string of the molecule is CCC(C(=O)NC1CCCCC1)N(Cc1ccc(C)cc1)C(=O)CN(c1ccc(F)c(Cl)c1)S(=O)(=O)c1ccccc1. The van der Waals surface area contributed by atoms with Crippen LogP contribution in [-0.4, -0.2) is 43.8 Å². The fourth-order valence-corrected chi connectivity index (χ4v) is 6.84. The van der Waals surface area contributed by atoms with Gasteiger partial charge >= 0.3 is 0 Å². The summed E-state index contributed by atoms with van der Waals surface area (Å²) in [7, 11) is -4.26. The summed E-state index contributed by atoms with van der Waals surface area (Å²) < 4.78 is 42.7. The molecule has 7 nitrogen and oxygen atoms in total. The van der Waals surface area contributed by atoms with Crippen molar-refractivity contribution in [2.24, 2.45) is 0 Å². The average molecular weight is 614 g/mol. The first-order valence-electron chi connectivity index (χ1n) is 14.3. The molecule has 42 heavy (non-hydrogen) atoms. The highest BCUT2D eigenvalue weighted by molar-refractivity contribution is 7.92. The van der Waals surface area contributed by atoms with Gasteiger partial charge in [0.15, 0.2) is 0 Å². The number of carbonyl (C=O) groups excluding carboxylic acids is 2. The first kappa shape index (κ1) is 31.5. The molecule has 0 aliphatic heterocycles. The first-order chi connectivity index (χ1) is 20.1. The highest BCUT2D eigenvalue weighted by atomic mass is 35.5. The van der Waals surface area contributed by atoms with Gasteiger partial charge in [-0.25, -0.2) is 12.8 Å². The molecule has 0 aromatic heterocycles. The summed E-state index contributed by atoms with van der Waals surface area (Å²) in [4.78, 5) is 29.2. The Morgan fingerprint density at radius 3 is 2.29 bits per heavy atom. The average Bonchev–Trinajstić information content (AvgIpc) is 2.99. The van der Waals surface area contributed by atoms with Gasteiger partial charge in [-0.1, -0.05) is 85.8 Å². The minimum atomic E-state index is -4.26. The highest BCUT2D eigenvalue weighted by Gasteiger charge is 2.34. The van der Waals surface area contributed by atoms with E-state index in [4.69, 9.17) is 11.6 Å². The Bertz CT molecular complexity index is 1480. The Morgan fingerprint density at radius 2 is 1.67 bits per heavy atom. The molecule has 3 aromatic rings. The lowest BCUT2D eigenvalue weighted by atomic mass is 9.95. The van der Waals surface area contributed by atoms with Crippen LogP contribution >= 0.6 is 11.6 Å². The number of benzene rings is 3. The zero-order valence-corrected chi connectivity index (χ0v) is 25.5. The fourth-order valence-electron chi connectivity index (χ4n) is 5.24. The molecule has 4 rings (SSSR count). The second kappa shape index (κ2) is 14.2. The number of sulfonamides is 1. The third-order valence-electron chi connectivity index (χ3n) is 7.61. The molecule has 1 unspecified atom stereocenters. The van der Waals surface area contributed by atoms with Crippen molar-refractivity contribution in [2.75, 3.05) is 10.8 Å². The summed E-state index contributed by atoms with van der Waals surface area (Å²) in [5, 5.41) is 2.86. The second-order valence-corrected chi connectivity index (χ2v) is 13.0. The number of nitrogens with one attached hydrogen (secondary N) is 1. The molecule has 0 radical (unpaired) electrons. The van der Waals surface area contributed by atoms with Crippen molar-refractivity contribution >= 4 is 39.1 Å². The number of aryl methyl sites for hydroxylation is 1. The fraction of sp³-hybridized carbons (Fsp3) is 0.375. The quantitative estimate of drug-likeness (QED) is 0.277. The maximum Gasteiger partial charge on any atom is 0.264 e. The number of hydrogen-bond donors (Lipinski definition) is 1. The molecule has 1 N–H and O–H groups in total. The number of amides is 2. The van der Waals surface area contributed by atoms with Crippen LogP contribution in [-0.2, 0) is 26.2 Å². The molecule has 0 saturated heterocycles. The third-order valence-corrected chi connectivity index (χ3v) is 9.69. The summed E-state index contributed by atoms with van der Waals surface area (Å²) in [6, 6.07) is 18.1. The number of halogens is 2. The van der Waals surface area contributed by atoms with Crippen LogP contribution in [0.15, 0.2) is 77.7 Å². The van der Waals surface area contributed by atoms with E-state index in [1.54, 1.807) is 18.2 Å². The Hall–Kier alpha value is -3.43. The monoisotopic (exact) mass is 613 g/mol. The molecule has 0 heterocycles. The van der Waals surface area contributed by atoms with E-state index in [9.17, 15) is 22.4 Å². The predicted molar refractivity (Wildman–Crippen MR) is 163 cm³/mol. The molecular formula is C32H37ClFN3O4S. The summed E-state index contributed by atoms with van der Waals surface area (Å²) in [5.74, 6) is -1.54. The van der Waals surface area contributed by atoms with Crippen molar-refractivity contribution in [3.05, 3.63) is 94.8 Å². The predicted octanol–water partition coefficient (Wildman–Crippen LogP) is 6.24. The normalized spacial score (nSPS) is 14.7. The number of nitrogens with zero attached hydrogens (tertiary/aromatic N) is 2. The molecule has 1 fully saturated rings. The van der Waals surface area contributed by atoms with Crippen molar-refractivity contribution in [1.82, 2.24) is 10.2 Å². The number of anilines is 1. The van der Waals surface area contributed by atoms with Crippen LogP contribution in [0.1, 0.15) is 56.6 Å². The molecule has 1 atom stereocenters. The van der Waals surface area contributed by atoms with E-state index in [1.165, 1.54) is 29.2 Å². The summed E-state index contributed by atoms with van der Waals surface area (Å²) in [6.45, 7) is 3.29. The van der Waals surface area contributed by atoms with Crippen LogP contribution in [0, 0.1) is 12.7 Å². The van der Waals surface area contributed by atoms with Crippen LogP contribution in [0.2, 0.25) is 5.02 Å². The number of rotatable bonds is 11. The summed E-state index contributed by atoms with van der Waals surface area (Å²) in [6.07, 6.45) is 5.34. The van der Waals surface area contributed by atoms with Crippen LogP contribution in [0.4, 0.5) is 10.1 Å². The molecule has 224 valence electrons. The molecule has 2 amide bonds. The van der Waals surface area contributed by atoms with Crippen LogP contribution in [0.3, 0.4) is 0 Å². The van der Waals surface area contributed by atoms with E-state index in [0.717, 1.165) is 53.6 Å². The molecular weight excluding hydrogens is 577 g/mol. The van der Waals surface area contributed by atoms with Gasteiger partial charge in [0, 0.05) is 12.6 Å². The van der Waals surface area contributed by atoms with E-state index in [1.807, 2.05) is 38.1 Å². The zero-order valence-electron chi connectivity index (χ0n) is 23.9. The lowest BCUT2D eigenvalue weighted by Crippen LogP contribution is -2.54.